The van der Waals surface area contributed by atoms with Crippen molar-refractivity contribution in [3.63, 3.8) is 0 Å². The number of morpholine rings is 1. The van der Waals surface area contributed by atoms with E-state index >= 15 is 0 Å². The first kappa shape index (κ1) is 14.1. The highest BCUT2D eigenvalue weighted by molar-refractivity contribution is 5.24. The second-order valence-electron chi connectivity index (χ2n) is 4.44. The van der Waals surface area contributed by atoms with E-state index in [0.29, 0.717) is 13.2 Å². The average molecular weight is 276 g/mol. The standard InChI is InChI=1S/C12H15F3N2O2/c1-17-4-5-18-10(7-17)8-19-9-2-3-16-11(6-9)12(13,14)15/h2-3,6,10H,4-5,7-8H2,1H3. The summed E-state index contributed by atoms with van der Waals surface area (Å²) in [5, 5.41) is 0. The zero-order chi connectivity index (χ0) is 13.9. The van der Waals surface area contributed by atoms with Crippen LogP contribution < -0.4 is 4.74 Å². The summed E-state index contributed by atoms with van der Waals surface area (Å²) in [7, 11) is 1.96. The number of nitrogens with zero attached hydrogens (tertiary/aromatic N) is 2. The minimum absolute atomic E-state index is 0.124. The third-order valence-electron chi connectivity index (χ3n) is 2.80. The Labute approximate surface area is 109 Å². The van der Waals surface area contributed by atoms with Crippen LogP contribution in [0.2, 0.25) is 0 Å². The molecular formula is C12H15F3N2O2. The molecule has 0 aromatic carbocycles. The molecule has 1 fully saturated rings. The van der Waals surface area contributed by atoms with E-state index in [0.717, 1.165) is 18.8 Å². The number of hydrogen-bond donors (Lipinski definition) is 0. The summed E-state index contributed by atoms with van der Waals surface area (Å²) >= 11 is 0. The molecule has 1 saturated heterocycles. The molecule has 1 aliphatic heterocycles. The lowest BCUT2D eigenvalue weighted by Crippen LogP contribution is -2.42. The molecular weight excluding hydrogens is 261 g/mol. The Kier molecular flexibility index (Phi) is 4.26. The quantitative estimate of drug-likeness (QED) is 0.843. The van der Waals surface area contributed by atoms with Crippen molar-refractivity contribution in [3.8, 4) is 5.75 Å². The highest BCUT2D eigenvalue weighted by Crippen LogP contribution is 2.29. The highest BCUT2D eigenvalue weighted by atomic mass is 19.4. The predicted octanol–water partition coefficient (Wildman–Crippen LogP) is 1.81. The van der Waals surface area contributed by atoms with Crippen LogP contribution in [0, 0.1) is 0 Å². The minimum atomic E-state index is -4.46. The maximum absolute atomic E-state index is 12.5. The molecule has 1 aromatic heterocycles. The van der Waals surface area contributed by atoms with Gasteiger partial charge in [-0.05, 0) is 13.1 Å². The van der Waals surface area contributed by atoms with E-state index in [2.05, 4.69) is 9.88 Å². The first-order valence-corrected chi connectivity index (χ1v) is 5.91. The lowest BCUT2D eigenvalue weighted by molar-refractivity contribution is -0.141. The van der Waals surface area contributed by atoms with Crippen molar-refractivity contribution in [1.29, 1.82) is 0 Å². The van der Waals surface area contributed by atoms with Crippen LogP contribution in [0.3, 0.4) is 0 Å². The smallest absolute Gasteiger partial charge is 0.433 e. The first-order chi connectivity index (χ1) is 8.95. The Morgan fingerprint density at radius 3 is 3.00 bits per heavy atom. The first-order valence-electron chi connectivity index (χ1n) is 5.91. The molecule has 106 valence electrons. The molecule has 19 heavy (non-hydrogen) atoms. The van der Waals surface area contributed by atoms with Gasteiger partial charge in [0.15, 0.2) is 0 Å². The molecule has 0 aliphatic carbocycles. The van der Waals surface area contributed by atoms with E-state index in [-0.39, 0.29) is 18.5 Å². The van der Waals surface area contributed by atoms with Crippen LogP contribution in [0.5, 0.6) is 5.75 Å². The molecule has 0 bridgehead atoms. The second-order valence-corrected chi connectivity index (χ2v) is 4.44. The van der Waals surface area contributed by atoms with E-state index in [9.17, 15) is 13.2 Å². The fourth-order valence-electron chi connectivity index (χ4n) is 1.81. The van der Waals surface area contributed by atoms with E-state index in [1.165, 1.54) is 6.07 Å². The number of likely N-dealkylation sites (N-methyl/N-ethyl adjacent to an activating group) is 1. The van der Waals surface area contributed by atoms with Crippen molar-refractivity contribution in [2.24, 2.45) is 0 Å². The van der Waals surface area contributed by atoms with Gasteiger partial charge in [0.2, 0.25) is 0 Å². The third-order valence-corrected chi connectivity index (χ3v) is 2.80. The number of ether oxygens (including phenoxy) is 2. The summed E-state index contributed by atoms with van der Waals surface area (Å²) in [5.41, 5.74) is -0.952. The molecule has 0 amide bonds. The Bertz CT molecular complexity index is 426. The normalized spacial score (nSPS) is 21.4. The van der Waals surface area contributed by atoms with Gasteiger partial charge in [-0.1, -0.05) is 0 Å². The van der Waals surface area contributed by atoms with Crippen molar-refractivity contribution in [2.45, 2.75) is 12.3 Å². The Hall–Kier alpha value is -1.34. The molecule has 2 heterocycles. The Morgan fingerprint density at radius 2 is 2.32 bits per heavy atom. The monoisotopic (exact) mass is 276 g/mol. The van der Waals surface area contributed by atoms with Crippen LogP contribution in [-0.4, -0.2) is 49.3 Å². The predicted molar refractivity (Wildman–Crippen MR) is 62.0 cm³/mol. The summed E-state index contributed by atoms with van der Waals surface area (Å²) in [6.45, 7) is 2.39. The van der Waals surface area contributed by atoms with Crippen molar-refractivity contribution in [1.82, 2.24) is 9.88 Å². The van der Waals surface area contributed by atoms with E-state index in [4.69, 9.17) is 9.47 Å². The average Bonchev–Trinajstić information content (AvgIpc) is 2.36. The fraction of sp³-hybridized carbons (Fsp3) is 0.583. The summed E-state index contributed by atoms with van der Waals surface area (Å²) in [5.74, 6) is 0.152. The lowest BCUT2D eigenvalue weighted by Gasteiger charge is -2.29. The molecule has 1 unspecified atom stereocenters. The summed E-state index contributed by atoms with van der Waals surface area (Å²) in [4.78, 5) is 5.36. The molecule has 0 saturated carbocycles. The summed E-state index contributed by atoms with van der Waals surface area (Å²) < 4.78 is 48.2. The number of hydrogen-bond acceptors (Lipinski definition) is 4. The maximum atomic E-state index is 12.5. The topological polar surface area (TPSA) is 34.6 Å². The van der Waals surface area contributed by atoms with Crippen LogP contribution in [0.25, 0.3) is 0 Å². The molecule has 0 radical (unpaired) electrons. The van der Waals surface area contributed by atoms with Crippen molar-refractivity contribution < 1.29 is 22.6 Å². The van der Waals surface area contributed by atoms with Crippen LogP contribution in [-0.2, 0) is 10.9 Å². The number of halogens is 3. The highest BCUT2D eigenvalue weighted by Gasteiger charge is 2.32. The number of alkyl halides is 3. The largest absolute Gasteiger partial charge is 0.491 e. The van der Waals surface area contributed by atoms with E-state index in [1.807, 2.05) is 7.05 Å². The zero-order valence-corrected chi connectivity index (χ0v) is 10.5. The van der Waals surface area contributed by atoms with Gasteiger partial charge in [0.05, 0.1) is 6.61 Å². The lowest BCUT2D eigenvalue weighted by atomic mass is 10.3. The maximum Gasteiger partial charge on any atom is 0.433 e. The second kappa shape index (κ2) is 5.75. The molecule has 0 N–H and O–H groups in total. The van der Waals surface area contributed by atoms with Crippen LogP contribution in [0.15, 0.2) is 18.3 Å². The number of pyridine rings is 1. The molecule has 1 aromatic rings. The number of rotatable bonds is 3. The zero-order valence-electron chi connectivity index (χ0n) is 10.5. The van der Waals surface area contributed by atoms with Crippen molar-refractivity contribution in [2.75, 3.05) is 33.4 Å². The van der Waals surface area contributed by atoms with Crippen molar-refractivity contribution >= 4 is 0 Å². The SMILES string of the molecule is CN1CCOC(COc2ccnc(C(F)(F)F)c2)C1. The van der Waals surface area contributed by atoms with Gasteiger partial charge in [-0.15, -0.1) is 0 Å². The fourth-order valence-corrected chi connectivity index (χ4v) is 1.81. The molecule has 2 rings (SSSR count). The van der Waals surface area contributed by atoms with E-state index < -0.39 is 11.9 Å². The van der Waals surface area contributed by atoms with Crippen LogP contribution in [0.4, 0.5) is 13.2 Å². The molecule has 7 heteroatoms. The Balaban J connectivity index is 1.92. The third kappa shape index (κ3) is 4.07. The van der Waals surface area contributed by atoms with E-state index in [1.54, 1.807) is 0 Å². The van der Waals surface area contributed by atoms with Crippen LogP contribution in [0.1, 0.15) is 5.69 Å². The van der Waals surface area contributed by atoms with Gasteiger partial charge < -0.3 is 14.4 Å². The van der Waals surface area contributed by atoms with Gasteiger partial charge in [0.1, 0.15) is 24.2 Å². The van der Waals surface area contributed by atoms with Gasteiger partial charge in [-0.3, -0.25) is 4.98 Å². The van der Waals surface area contributed by atoms with Crippen LogP contribution >= 0.6 is 0 Å². The van der Waals surface area contributed by atoms with Gasteiger partial charge in [-0.2, -0.15) is 13.2 Å². The van der Waals surface area contributed by atoms with Gasteiger partial charge >= 0.3 is 6.18 Å². The molecule has 1 aliphatic rings. The van der Waals surface area contributed by atoms with Gasteiger partial charge in [0.25, 0.3) is 0 Å². The van der Waals surface area contributed by atoms with Gasteiger partial charge in [-0.25, -0.2) is 0 Å². The molecule has 4 nitrogen and oxygen atoms in total. The molecule has 0 spiro atoms. The minimum Gasteiger partial charge on any atom is -0.491 e. The van der Waals surface area contributed by atoms with Crippen molar-refractivity contribution in [3.05, 3.63) is 24.0 Å². The molecule has 1 atom stereocenters. The summed E-state index contributed by atoms with van der Waals surface area (Å²) in [6.07, 6.45) is -3.49. The summed E-state index contributed by atoms with van der Waals surface area (Å²) in [6, 6.07) is 2.30. The Morgan fingerprint density at radius 1 is 1.53 bits per heavy atom. The van der Waals surface area contributed by atoms with Gasteiger partial charge in [0, 0.05) is 25.4 Å². The number of aromatic nitrogens is 1.